The van der Waals surface area contributed by atoms with Crippen LogP contribution in [0.5, 0.6) is 11.5 Å². The van der Waals surface area contributed by atoms with E-state index >= 15 is 0 Å². The number of amides is 1. The van der Waals surface area contributed by atoms with Crippen LogP contribution in [-0.4, -0.2) is 30.5 Å². The van der Waals surface area contributed by atoms with Gasteiger partial charge in [-0.1, -0.05) is 48.3 Å². The number of Topliss-reactive ketones (excluding diaryl/α,β-unsaturated/α-hetero) is 1. The number of halogens is 2. The highest BCUT2D eigenvalue weighted by atomic mass is 35.5. The molecule has 1 aliphatic heterocycles. The molecular weight excluding hydrogens is 489 g/mol. The Balaban J connectivity index is 1.92. The monoisotopic (exact) mass is 511 g/mol. The van der Waals surface area contributed by atoms with Crippen molar-refractivity contribution in [2.45, 2.75) is 19.4 Å². The third-order valence-corrected chi connectivity index (χ3v) is 6.35. The fourth-order valence-corrected chi connectivity index (χ4v) is 4.27. The molecular formula is C27H23Cl2NO5. The molecule has 1 saturated heterocycles. The van der Waals surface area contributed by atoms with Crippen LogP contribution >= 0.6 is 23.2 Å². The molecule has 0 bridgehead atoms. The number of anilines is 1. The topological polar surface area (TPSA) is 76.1 Å². The number of nitrogens with zero attached hydrogens (tertiary/aromatic N) is 1. The van der Waals surface area contributed by atoms with Gasteiger partial charge in [-0.25, -0.2) is 0 Å². The smallest absolute Gasteiger partial charge is 0.300 e. The normalized spacial score (nSPS) is 17.0. The highest BCUT2D eigenvalue weighted by Crippen LogP contribution is 2.43. The van der Waals surface area contributed by atoms with Crippen molar-refractivity contribution < 1.29 is 24.2 Å². The quantitative estimate of drug-likeness (QED) is 0.225. The zero-order valence-corrected chi connectivity index (χ0v) is 20.6. The molecule has 0 aromatic heterocycles. The Kier molecular flexibility index (Phi) is 7.34. The average Bonchev–Trinajstić information content (AvgIpc) is 3.14. The van der Waals surface area contributed by atoms with Gasteiger partial charge in [0.1, 0.15) is 17.3 Å². The van der Waals surface area contributed by atoms with E-state index in [1.54, 1.807) is 54.6 Å². The number of aliphatic hydroxyl groups excluding tert-OH is 1. The van der Waals surface area contributed by atoms with Gasteiger partial charge in [0.25, 0.3) is 11.7 Å². The SMILES string of the molecule is CCCOc1cccc(N2C(=O)C(=O)/C(=C(/O)c3ccc(Cl)c(Cl)c3)C2c2cccc(OC)c2)c1. The molecule has 3 aromatic carbocycles. The first-order valence-corrected chi connectivity index (χ1v) is 11.7. The first-order valence-electron chi connectivity index (χ1n) is 11.0. The summed E-state index contributed by atoms with van der Waals surface area (Å²) in [5.41, 5.74) is 1.25. The lowest BCUT2D eigenvalue weighted by atomic mass is 9.95. The van der Waals surface area contributed by atoms with Gasteiger partial charge in [-0.2, -0.15) is 0 Å². The molecule has 1 atom stereocenters. The number of carbonyl (C=O) groups excluding carboxylic acids is 2. The third kappa shape index (κ3) is 4.85. The Hall–Kier alpha value is -3.48. The lowest BCUT2D eigenvalue weighted by Gasteiger charge is -2.26. The summed E-state index contributed by atoms with van der Waals surface area (Å²) >= 11 is 12.2. The van der Waals surface area contributed by atoms with Gasteiger partial charge in [0.2, 0.25) is 0 Å². The van der Waals surface area contributed by atoms with E-state index in [2.05, 4.69) is 0 Å². The molecule has 1 aliphatic rings. The van der Waals surface area contributed by atoms with Crippen molar-refractivity contribution in [2.75, 3.05) is 18.6 Å². The van der Waals surface area contributed by atoms with E-state index in [9.17, 15) is 14.7 Å². The van der Waals surface area contributed by atoms with Crippen molar-refractivity contribution in [3.8, 4) is 11.5 Å². The van der Waals surface area contributed by atoms with E-state index in [-0.39, 0.29) is 21.9 Å². The Morgan fingerprint density at radius 3 is 2.43 bits per heavy atom. The van der Waals surface area contributed by atoms with Crippen LogP contribution in [0.1, 0.15) is 30.5 Å². The van der Waals surface area contributed by atoms with E-state index in [0.717, 1.165) is 6.42 Å². The van der Waals surface area contributed by atoms with E-state index in [1.807, 2.05) is 6.92 Å². The molecule has 8 heteroatoms. The number of carbonyl (C=O) groups is 2. The van der Waals surface area contributed by atoms with Crippen LogP contribution in [-0.2, 0) is 9.59 Å². The van der Waals surface area contributed by atoms with Crippen molar-refractivity contribution in [3.05, 3.63) is 93.5 Å². The van der Waals surface area contributed by atoms with Crippen molar-refractivity contribution in [2.24, 2.45) is 0 Å². The number of methoxy groups -OCH3 is 1. The van der Waals surface area contributed by atoms with Gasteiger partial charge >= 0.3 is 0 Å². The molecule has 180 valence electrons. The Labute approximate surface area is 213 Å². The molecule has 0 spiro atoms. The van der Waals surface area contributed by atoms with E-state index in [1.165, 1.54) is 24.1 Å². The minimum atomic E-state index is -0.916. The Morgan fingerprint density at radius 1 is 0.971 bits per heavy atom. The summed E-state index contributed by atoms with van der Waals surface area (Å²) in [6, 6.07) is 17.6. The van der Waals surface area contributed by atoms with Crippen molar-refractivity contribution in [3.63, 3.8) is 0 Å². The zero-order valence-electron chi connectivity index (χ0n) is 19.1. The van der Waals surface area contributed by atoms with Gasteiger partial charge in [-0.15, -0.1) is 0 Å². The summed E-state index contributed by atoms with van der Waals surface area (Å²) in [7, 11) is 1.53. The average molecular weight is 512 g/mol. The van der Waals surface area contributed by atoms with E-state index in [4.69, 9.17) is 32.7 Å². The second kappa shape index (κ2) is 10.4. The van der Waals surface area contributed by atoms with Gasteiger partial charge in [0.15, 0.2) is 0 Å². The van der Waals surface area contributed by atoms with Gasteiger partial charge < -0.3 is 14.6 Å². The third-order valence-electron chi connectivity index (χ3n) is 5.62. The maximum atomic E-state index is 13.3. The van der Waals surface area contributed by atoms with Crippen LogP contribution in [0.15, 0.2) is 72.3 Å². The maximum Gasteiger partial charge on any atom is 0.300 e. The molecule has 35 heavy (non-hydrogen) atoms. The van der Waals surface area contributed by atoms with Crippen LogP contribution < -0.4 is 14.4 Å². The summed E-state index contributed by atoms with van der Waals surface area (Å²) in [5.74, 6) is -0.827. The number of hydrogen-bond acceptors (Lipinski definition) is 5. The van der Waals surface area contributed by atoms with Crippen molar-refractivity contribution in [1.82, 2.24) is 0 Å². The number of hydrogen-bond donors (Lipinski definition) is 1. The minimum Gasteiger partial charge on any atom is -0.507 e. The molecule has 4 rings (SSSR count). The van der Waals surface area contributed by atoms with E-state index in [0.29, 0.717) is 34.4 Å². The summed E-state index contributed by atoms with van der Waals surface area (Å²) in [6.45, 7) is 2.51. The molecule has 1 fully saturated rings. The van der Waals surface area contributed by atoms with Crippen molar-refractivity contribution in [1.29, 1.82) is 0 Å². The summed E-state index contributed by atoms with van der Waals surface area (Å²) in [5, 5.41) is 11.8. The van der Waals surface area contributed by atoms with Gasteiger partial charge in [0.05, 0.1) is 35.4 Å². The predicted octanol–water partition coefficient (Wildman–Crippen LogP) is 6.42. The van der Waals surface area contributed by atoms with Crippen LogP contribution in [0.4, 0.5) is 5.69 Å². The summed E-state index contributed by atoms with van der Waals surface area (Å²) in [6.07, 6.45) is 0.822. The molecule has 1 amide bonds. The number of ketones is 1. The molecule has 0 saturated carbocycles. The zero-order chi connectivity index (χ0) is 25.1. The number of aliphatic hydroxyl groups is 1. The summed E-state index contributed by atoms with van der Waals surface area (Å²) < 4.78 is 11.1. The van der Waals surface area contributed by atoms with Crippen LogP contribution in [0.25, 0.3) is 5.76 Å². The lowest BCUT2D eigenvalue weighted by molar-refractivity contribution is -0.132. The van der Waals surface area contributed by atoms with Crippen LogP contribution in [0.3, 0.4) is 0 Å². The second-order valence-electron chi connectivity index (χ2n) is 7.92. The van der Waals surface area contributed by atoms with Crippen LogP contribution in [0.2, 0.25) is 10.0 Å². The Morgan fingerprint density at radius 2 is 1.71 bits per heavy atom. The van der Waals surface area contributed by atoms with E-state index < -0.39 is 17.7 Å². The van der Waals surface area contributed by atoms with Gasteiger partial charge in [0, 0.05) is 17.3 Å². The standard InChI is InChI=1S/C27H23Cl2NO5/c1-3-12-35-20-9-5-7-18(15-20)30-24(16-6-4-8-19(13-16)34-2)23(26(32)27(30)33)25(31)17-10-11-21(28)22(29)14-17/h4-11,13-15,24,31H,3,12H2,1-2H3/b25-23+. The number of rotatable bonds is 7. The van der Waals surface area contributed by atoms with Crippen molar-refractivity contribution >= 4 is 46.3 Å². The number of benzene rings is 3. The largest absolute Gasteiger partial charge is 0.507 e. The molecule has 1 unspecified atom stereocenters. The molecule has 3 aromatic rings. The highest BCUT2D eigenvalue weighted by Gasteiger charge is 2.47. The minimum absolute atomic E-state index is 0.0680. The molecule has 0 aliphatic carbocycles. The molecule has 6 nitrogen and oxygen atoms in total. The highest BCUT2D eigenvalue weighted by molar-refractivity contribution is 6.51. The fourth-order valence-electron chi connectivity index (χ4n) is 3.97. The van der Waals surface area contributed by atoms with Gasteiger partial charge in [-0.3, -0.25) is 14.5 Å². The molecule has 1 N–H and O–H groups in total. The first-order chi connectivity index (χ1) is 16.8. The lowest BCUT2D eigenvalue weighted by Crippen LogP contribution is -2.29. The maximum absolute atomic E-state index is 13.3. The summed E-state index contributed by atoms with van der Waals surface area (Å²) in [4.78, 5) is 28.0. The van der Waals surface area contributed by atoms with Crippen LogP contribution in [0, 0.1) is 0 Å². The van der Waals surface area contributed by atoms with Gasteiger partial charge in [-0.05, 0) is 54.4 Å². The molecule has 1 heterocycles. The molecule has 0 radical (unpaired) electrons. The number of ether oxygens (including phenoxy) is 2. The predicted molar refractivity (Wildman–Crippen MR) is 136 cm³/mol. The second-order valence-corrected chi connectivity index (χ2v) is 8.73. The first kappa shape index (κ1) is 24.6. The Bertz CT molecular complexity index is 1320. The fraction of sp³-hybridized carbons (Fsp3) is 0.185.